The van der Waals surface area contributed by atoms with Gasteiger partial charge in [0.15, 0.2) is 0 Å². The average Bonchev–Trinajstić information content (AvgIpc) is 2.84. The van der Waals surface area contributed by atoms with Gasteiger partial charge in [-0.3, -0.25) is 0 Å². The van der Waals surface area contributed by atoms with Gasteiger partial charge in [-0.15, -0.1) is 0 Å². The summed E-state index contributed by atoms with van der Waals surface area (Å²) >= 11 is 0. The van der Waals surface area contributed by atoms with Crippen LogP contribution in [0.3, 0.4) is 0 Å². The first-order chi connectivity index (χ1) is 11.0. The lowest BCUT2D eigenvalue weighted by Crippen LogP contribution is -2.43. The number of hydrogen-bond acceptors (Lipinski definition) is 3. The highest BCUT2D eigenvalue weighted by molar-refractivity contribution is 5.61. The van der Waals surface area contributed by atoms with E-state index in [1.54, 1.807) is 0 Å². The van der Waals surface area contributed by atoms with E-state index < -0.39 is 0 Å². The fraction of sp³-hybridized carbons (Fsp3) is 0.700. The summed E-state index contributed by atoms with van der Waals surface area (Å²) in [5.41, 5.74) is 3.82. The van der Waals surface area contributed by atoms with Crippen molar-refractivity contribution in [2.45, 2.75) is 64.4 Å². The van der Waals surface area contributed by atoms with Crippen molar-refractivity contribution in [1.29, 1.82) is 0 Å². The minimum Gasteiger partial charge on any atom is -0.506 e. The topological polar surface area (TPSA) is 52.5 Å². The molecule has 0 unspecified atom stereocenters. The van der Waals surface area contributed by atoms with Gasteiger partial charge in [-0.1, -0.05) is 6.92 Å². The molecule has 1 aromatic rings. The first-order valence-electron chi connectivity index (χ1n) is 9.32. The molecule has 0 amide bonds. The maximum absolute atomic E-state index is 10.5. The van der Waals surface area contributed by atoms with Crippen LogP contribution in [-0.4, -0.2) is 22.9 Å². The Labute approximate surface area is 139 Å². The van der Waals surface area contributed by atoms with Gasteiger partial charge in [0.25, 0.3) is 0 Å². The molecule has 1 aromatic carbocycles. The Morgan fingerprint density at radius 1 is 1.22 bits per heavy atom. The predicted molar refractivity (Wildman–Crippen MR) is 92.9 cm³/mol. The zero-order valence-corrected chi connectivity index (χ0v) is 14.3. The van der Waals surface area contributed by atoms with E-state index in [1.165, 1.54) is 30.4 Å². The van der Waals surface area contributed by atoms with Crippen molar-refractivity contribution in [2.24, 2.45) is 17.3 Å². The molecule has 2 fully saturated rings. The number of aromatic hydroxyl groups is 1. The molecule has 0 aromatic heterocycles. The summed E-state index contributed by atoms with van der Waals surface area (Å²) in [5.74, 6) is 2.37. The Morgan fingerprint density at radius 2 is 2.04 bits per heavy atom. The Hall–Kier alpha value is -1.22. The number of rotatable bonds is 2. The van der Waals surface area contributed by atoms with Gasteiger partial charge in [0, 0.05) is 6.54 Å². The largest absolute Gasteiger partial charge is 0.506 e. The first-order valence-corrected chi connectivity index (χ1v) is 9.32. The zero-order chi connectivity index (χ0) is 16.2. The van der Waals surface area contributed by atoms with E-state index >= 15 is 0 Å². The maximum Gasteiger partial charge on any atom is 0.138 e. The summed E-state index contributed by atoms with van der Waals surface area (Å²) < 4.78 is 0. The number of aliphatic hydroxyl groups is 1. The summed E-state index contributed by atoms with van der Waals surface area (Å²) in [6.45, 7) is 5.21. The lowest BCUT2D eigenvalue weighted by Gasteiger charge is -2.50. The molecule has 3 nitrogen and oxygen atoms in total. The molecule has 3 heteroatoms. The van der Waals surface area contributed by atoms with Gasteiger partial charge >= 0.3 is 0 Å². The second-order valence-corrected chi connectivity index (χ2v) is 8.15. The molecule has 3 N–H and O–H groups in total. The van der Waals surface area contributed by atoms with Gasteiger partial charge in [-0.2, -0.15) is 0 Å². The second kappa shape index (κ2) is 5.41. The van der Waals surface area contributed by atoms with Gasteiger partial charge in [0.05, 0.1) is 11.8 Å². The number of phenolic OH excluding ortho intramolecular Hbond substituents is 1. The number of benzene rings is 1. The third kappa shape index (κ3) is 2.20. The van der Waals surface area contributed by atoms with Gasteiger partial charge in [0.1, 0.15) is 5.75 Å². The molecule has 3 aliphatic rings. The average molecular weight is 315 g/mol. The van der Waals surface area contributed by atoms with Crippen LogP contribution in [0.25, 0.3) is 0 Å². The van der Waals surface area contributed by atoms with E-state index in [-0.39, 0.29) is 11.5 Å². The SMILES string of the molecule is CCNc1cc2c(cc1O)CC[C@H]1[C@H]3CC[C@H](O)[C@]3(C)CC[C@@H]21. The van der Waals surface area contributed by atoms with Crippen molar-refractivity contribution in [3.05, 3.63) is 23.3 Å². The number of aryl methyl sites for hydroxylation is 1. The molecule has 5 atom stereocenters. The summed E-state index contributed by atoms with van der Waals surface area (Å²) in [6.07, 6.45) is 6.66. The molecule has 3 aliphatic carbocycles. The van der Waals surface area contributed by atoms with E-state index in [2.05, 4.69) is 25.2 Å². The molecule has 0 heterocycles. The monoisotopic (exact) mass is 315 g/mol. The van der Waals surface area contributed by atoms with E-state index in [0.29, 0.717) is 23.5 Å². The zero-order valence-electron chi connectivity index (χ0n) is 14.3. The van der Waals surface area contributed by atoms with E-state index in [1.807, 2.05) is 6.07 Å². The summed E-state index contributed by atoms with van der Waals surface area (Å²) in [4.78, 5) is 0. The highest BCUT2D eigenvalue weighted by atomic mass is 16.3. The molecule has 23 heavy (non-hydrogen) atoms. The van der Waals surface area contributed by atoms with E-state index in [9.17, 15) is 10.2 Å². The van der Waals surface area contributed by atoms with Crippen LogP contribution < -0.4 is 5.32 Å². The normalized spacial score (nSPS) is 38.6. The highest BCUT2D eigenvalue weighted by Crippen LogP contribution is 2.61. The Kier molecular flexibility index (Phi) is 3.60. The van der Waals surface area contributed by atoms with Crippen molar-refractivity contribution in [3.8, 4) is 5.75 Å². The molecule has 4 rings (SSSR count). The van der Waals surface area contributed by atoms with E-state index in [4.69, 9.17) is 0 Å². The number of hydrogen-bond donors (Lipinski definition) is 3. The molecule has 0 saturated heterocycles. The Morgan fingerprint density at radius 3 is 2.83 bits per heavy atom. The van der Waals surface area contributed by atoms with Crippen LogP contribution in [0.1, 0.15) is 63.0 Å². The van der Waals surface area contributed by atoms with Gasteiger partial charge < -0.3 is 15.5 Å². The summed E-state index contributed by atoms with van der Waals surface area (Å²) in [7, 11) is 0. The highest BCUT2D eigenvalue weighted by Gasteiger charge is 2.54. The lowest BCUT2D eigenvalue weighted by atomic mass is 9.55. The third-order valence-electron chi connectivity index (χ3n) is 7.16. The van der Waals surface area contributed by atoms with Crippen LogP contribution in [0.2, 0.25) is 0 Å². The summed E-state index contributed by atoms with van der Waals surface area (Å²) in [6, 6.07) is 4.19. The van der Waals surface area contributed by atoms with Gasteiger partial charge in [0.2, 0.25) is 0 Å². The number of fused-ring (bicyclic) bond motifs is 5. The quantitative estimate of drug-likeness (QED) is 0.722. The number of aliphatic hydroxyl groups excluding tert-OH is 1. The van der Waals surface area contributed by atoms with Crippen molar-refractivity contribution in [1.82, 2.24) is 0 Å². The molecule has 0 aliphatic heterocycles. The van der Waals surface area contributed by atoms with Crippen molar-refractivity contribution in [3.63, 3.8) is 0 Å². The van der Waals surface area contributed by atoms with Crippen molar-refractivity contribution >= 4 is 5.69 Å². The van der Waals surface area contributed by atoms with E-state index in [0.717, 1.165) is 31.5 Å². The standard InChI is InChI=1S/C20H29NO2/c1-3-21-17-11-15-12(10-18(17)22)4-5-14-13(15)8-9-20(2)16(14)6-7-19(20)23/h10-11,13-14,16,19,21-23H,3-9H2,1-2H3/t13-,14-,16-,19+,20-/m1/s1. The van der Waals surface area contributed by atoms with Crippen molar-refractivity contribution in [2.75, 3.05) is 11.9 Å². The number of anilines is 1. The Bertz CT molecular complexity index is 614. The first kappa shape index (κ1) is 15.3. The predicted octanol–water partition coefficient (Wildman–Crippen LogP) is 4.04. The van der Waals surface area contributed by atoms with Crippen LogP contribution >= 0.6 is 0 Å². The fourth-order valence-electron chi connectivity index (χ4n) is 5.91. The van der Waals surface area contributed by atoms with Gasteiger partial charge in [-0.05, 0) is 91.9 Å². The molecule has 0 bridgehead atoms. The molecule has 126 valence electrons. The molecule has 2 saturated carbocycles. The van der Waals surface area contributed by atoms with Crippen molar-refractivity contribution < 1.29 is 10.2 Å². The molecule has 0 radical (unpaired) electrons. The van der Waals surface area contributed by atoms with Crippen LogP contribution in [-0.2, 0) is 6.42 Å². The third-order valence-corrected chi connectivity index (χ3v) is 7.16. The number of nitrogens with one attached hydrogen (secondary N) is 1. The maximum atomic E-state index is 10.5. The Balaban J connectivity index is 1.70. The molecule has 0 spiro atoms. The molecular formula is C20H29NO2. The summed E-state index contributed by atoms with van der Waals surface area (Å²) in [5, 5.41) is 24.0. The lowest BCUT2D eigenvalue weighted by molar-refractivity contribution is -0.0226. The van der Waals surface area contributed by atoms with Crippen LogP contribution in [0.5, 0.6) is 5.75 Å². The number of phenols is 1. The van der Waals surface area contributed by atoms with Gasteiger partial charge in [-0.25, -0.2) is 0 Å². The minimum absolute atomic E-state index is 0.105. The van der Waals surface area contributed by atoms with Crippen LogP contribution in [0.15, 0.2) is 12.1 Å². The van der Waals surface area contributed by atoms with Crippen LogP contribution in [0.4, 0.5) is 5.69 Å². The minimum atomic E-state index is -0.105. The smallest absolute Gasteiger partial charge is 0.138 e. The molecular weight excluding hydrogens is 286 g/mol. The van der Waals surface area contributed by atoms with Crippen LogP contribution in [0, 0.1) is 17.3 Å². The second-order valence-electron chi connectivity index (χ2n) is 8.15. The fourth-order valence-corrected chi connectivity index (χ4v) is 5.91.